The largest absolute Gasteiger partial charge is 0.339 e. The van der Waals surface area contributed by atoms with Crippen LogP contribution in [0, 0.1) is 11.7 Å². The molecule has 3 rings (SSSR count). The van der Waals surface area contributed by atoms with E-state index in [1.165, 1.54) is 17.4 Å². The maximum atomic E-state index is 13.7. The number of rotatable bonds is 5. The predicted molar refractivity (Wildman–Crippen MR) is 94.9 cm³/mol. The third-order valence-electron chi connectivity index (χ3n) is 4.26. The summed E-state index contributed by atoms with van der Waals surface area (Å²) >= 11 is 1.32. The molecule has 1 fully saturated rings. The number of nitrogens with one attached hydrogen (secondary N) is 1. The average Bonchev–Trinajstić information content (AvgIpc) is 3.16. The number of halogens is 1. The van der Waals surface area contributed by atoms with E-state index in [1.54, 1.807) is 29.3 Å². The van der Waals surface area contributed by atoms with Crippen LogP contribution in [0.2, 0.25) is 0 Å². The Labute approximate surface area is 149 Å². The monoisotopic (exact) mass is 361 g/mol. The van der Waals surface area contributed by atoms with Gasteiger partial charge >= 0.3 is 0 Å². The number of hydrogen-bond donors (Lipinski definition) is 1. The van der Waals surface area contributed by atoms with Crippen molar-refractivity contribution in [3.8, 4) is 0 Å². The van der Waals surface area contributed by atoms with Crippen LogP contribution in [-0.2, 0) is 16.0 Å². The van der Waals surface area contributed by atoms with Gasteiger partial charge in [0.25, 0.3) is 0 Å². The van der Waals surface area contributed by atoms with Crippen LogP contribution in [0.25, 0.3) is 0 Å². The molecule has 0 aliphatic carbocycles. The molecule has 1 aliphatic rings. The van der Waals surface area contributed by atoms with Crippen LogP contribution in [0.3, 0.4) is 0 Å². The second-order valence-corrected chi connectivity index (χ2v) is 7.55. The first-order valence-corrected chi connectivity index (χ1v) is 9.04. The smallest absolute Gasteiger partial charge is 0.231 e. The highest BCUT2D eigenvalue weighted by molar-refractivity contribution is 7.15. The van der Waals surface area contributed by atoms with Gasteiger partial charge in [0.15, 0.2) is 5.13 Å². The van der Waals surface area contributed by atoms with E-state index in [0.29, 0.717) is 23.7 Å². The Hall–Kier alpha value is -2.28. The zero-order valence-corrected chi connectivity index (χ0v) is 15.0. The van der Waals surface area contributed by atoms with Crippen LogP contribution in [-0.4, -0.2) is 34.3 Å². The van der Waals surface area contributed by atoms with Crippen molar-refractivity contribution in [2.75, 3.05) is 11.9 Å². The molecule has 1 saturated heterocycles. The Kier molecular flexibility index (Phi) is 5.13. The normalized spacial score (nSPS) is 17.4. The minimum absolute atomic E-state index is 0.00882. The Bertz CT molecular complexity index is 790. The first-order chi connectivity index (χ1) is 11.9. The van der Waals surface area contributed by atoms with Crippen LogP contribution < -0.4 is 5.32 Å². The standard InChI is InChI=1S/C18H20FN3O2S/c1-11(2)22-10-13(8-16(22)23)17(24)21-18-20-9-14(25-18)7-12-5-3-4-6-15(12)19/h3-6,9,11,13H,7-8,10H2,1-2H3,(H,20,21,24). The van der Waals surface area contributed by atoms with E-state index in [2.05, 4.69) is 10.3 Å². The summed E-state index contributed by atoms with van der Waals surface area (Å²) in [5.74, 6) is -0.786. The molecule has 1 N–H and O–H groups in total. The molecule has 2 heterocycles. The zero-order chi connectivity index (χ0) is 18.0. The number of carbonyl (C=O) groups is 2. The fraction of sp³-hybridized carbons (Fsp3) is 0.389. The number of carbonyl (C=O) groups excluding carboxylic acids is 2. The van der Waals surface area contributed by atoms with E-state index < -0.39 is 0 Å². The molecular formula is C18H20FN3O2S. The molecule has 1 aromatic carbocycles. The molecule has 1 aromatic heterocycles. The quantitative estimate of drug-likeness (QED) is 0.890. The molecule has 1 unspecified atom stereocenters. The number of thiazole rings is 1. The number of anilines is 1. The topological polar surface area (TPSA) is 62.3 Å². The molecule has 132 valence electrons. The fourth-order valence-electron chi connectivity index (χ4n) is 2.89. The summed E-state index contributed by atoms with van der Waals surface area (Å²) in [7, 11) is 0. The number of likely N-dealkylation sites (tertiary alicyclic amines) is 1. The maximum Gasteiger partial charge on any atom is 0.231 e. The van der Waals surface area contributed by atoms with Crippen molar-refractivity contribution in [1.82, 2.24) is 9.88 Å². The Morgan fingerprint density at radius 3 is 2.88 bits per heavy atom. The lowest BCUT2D eigenvalue weighted by atomic mass is 10.1. The molecule has 1 atom stereocenters. The van der Waals surface area contributed by atoms with Crippen molar-refractivity contribution < 1.29 is 14.0 Å². The van der Waals surface area contributed by atoms with E-state index >= 15 is 0 Å². The van der Waals surface area contributed by atoms with E-state index in [1.807, 2.05) is 13.8 Å². The average molecular weight is 361 g/mol. The van der Waals surface area contributed by atoms with Gasteiger partial charge in [-0.15, -0.1) is 11.3 Å². The number of hydrogen-bond acceptors (Lipinski definition) is 4. The number of nitrogens with zero attached hydrogens (tertiary/aromatic N) is 2. The van der Waals surface area contributed by atoms with Gasteiger partial charge in [-0.25, -0.2) is 9.37 Å². The molecule has 0 bridgehead atoms. The highest BCUT2D eigenvalue weighted by Crippen LogP contribution is 2.25. The summed E-state index contributed by atoms with van der Waals surface area (Å²) in [5.41, 5.74) is 0.595. The maximum absolute atomic E-state index is 13.7. The Morgan fingerprint density at radius 1 is 1.44 bits per heavy atom. The van der Waals surface area contributed by atoms with Crippen molar-refractivity contribution >= 4 is 28.3 Å². The van der Waals surface area contributed by atoms with Crippen molar-refractivity contribution in [1.29, 1.82) is 0 Å². The molecule has 0 spiro atoms. The van der Waals surface area contributed by atoms with Crippen LogP contribution in [0.1, 0.15) is 30.7 Å². The minimum Gasteiger partial charge on any atom is -0.339 e. The van der Waals surface area contributed by atoms with Crippen LogP contribution in [0.5, 0.6) is 0 Å². The van der Waals surface area contributed by atoms with Crippen molar-refractivity contribution in [2.24, 2.45) is 5.92 Å². The molecule has 25 heavy (non-hydrogen) atoms. The van der Waals surface area contributed by atoms with Gasteiger partial charge in [0.1, 0.15) is 5.82 Å². The van der Waals surface area contributed by atoms with Crippen molar-refractivity contribution in [3.05, 3.63) is 46.7 Å². The zero-order valence-electron chi connectivity index (χ0n) is 14.2. The Morgan fingerprint density at radius 2 is 2.20 bits per heavy atom. The third-order valence-corrected chi connectivity index (χ3v) is 5.17. The molecule has 0 radical (unpaired) electrons. The summed E-state index contributed by atoms with van der Waals surface area (Å²) in [6.07, 6.45) is 2.31. The summed E-state index contributed by atoms with van der Waals surface area (Å²) in [6.45, 7) is 4.32. The summed E-state index contributed by atoms with van der Waals surface area (Å²) in [5, 5.41) is 3.26. The van der Waals surface area contributed by atoms with Gasteiger partial charge in [0, 0.05) is 36.5 Å². The molecule has 2 amide bonds. The predicted octanol–water partition coefficient (Wildman–Crippen LogP) is 3.07. The van der Waals surface area contributed by atoms with E-state index in [-0.39, 0.29) is 36.0 Å². The molecule has 5 nitrogen and oxygen atoms in total. The summed E-state index contributed by atoms with van der Waals surface area (Å²) < 4.78 is 13.7. The van der Waals surface area contributed by atoms with Crippen molar-refractivity contribution in [3.63, 3.8) is 0 Å². The number of amides is 2. The van der Waals surface area contributed by atoms with Gasteiger partial charge in [0.05, 0.1) is 5.92 Å². The van der Waals surface area contributed by atoms with Crippen LogP contribution >= 0.6 is 11.3 Å². The lowest BCUT2D eigenvalue weighted by molar-refractivity contribution is -0.129. The Balaban J connectivity index is 1.61. The van der Waals surface area contributed by atoms with Gasteiger partial charge in [-0.1, -0.05) is 18.2 Å². The molecule has 7 heteroatoms. The third kappa shape index (κ3) is 4.04. The van der Waals surface area contributed by atoms with E-state index in [4.69, 9.17) is 0 Å². The SMILES string of the molecule is CC(C)N1CC(C(=O)Nc2ncc(Cc3ccccc3F)s2)CC1=O. The van der Waals surface area contributed by atoms with Gasteiger partial charge in [-0.05, 0) is 25.5 Å². The molecule has 2 aromatic rings. The van der Waals surface area contributed by atoms with Gasteiger partial charge in [0.2, 0.25) is 11.8 Å². The van der Waals surface area contributed by atoms with Crippen LogP contribution in [0.15, 0.2) is 30.5 Å². The molecule has 1 aliphatic heterocycles. The summed E-state index contributed by atoms with van der Waals surface area (Å²) in [6, 6.07) is 6.70. The number of benzene rings is 1. The minimum atomic E-state index is -0.353. The van der Waals surface area contributed by atoms with Gasteiger partial charge in [-0.2, -0.15) is 0 Å². The summed E-state index contributed by atoms with van der Waals surface area (Å²) in [4.78, 5) is 31.1. The van der Waals surface area contributed by atoms with Crippen LogP contribution in [0.4, 0.5) is 9.52 Å². The van der Waals surface area contributed by atoms with Crippen molar-refractivity contribution in [2.45, 2.75) is 32.7 Å². The first kappa shape index (κ1) is 17.5. The van der Waals surface area contributed by atoms with Gasteiger partial charge in [-0.3, -0.25) is 9.59 Å². The second-order valence-electron chi connectivity index (χ2n) is 6.43. The van der Waals surface area contributed by atoms with E-state index in [0.717, 1.165) is 4.88 Å². The second kappa shape index (κ2) is 7.31. The van der Waals surface area contributed by atoms with Gasteiger partial charge < -0.3 is 10.2 Å². The lowest BCUT2D eigenvalue weighted by Crippen LogP contribution is -2.33. The lowest BCUT2D eigenvalue weighted by Gasteiger charge is -2.20. The highest BCUT2D eigenvalue weighted by Gasteiger charge is 2.35. The number of aromatic nitrogens is 1. The molecular weight excluding hydrogens is 341 g/mol. The van der Waals surface area contributed by atoms with E-state index in [9.17, 15) is 14.0 Å². The molecule has 0 saturated carbocycles. The first-order valence-electron chi connectivity index (χ1n) is 8.22. The highest BCUT2D eigenvalue weighted by atomic mass is 32.1. The fourth-order valence-corrected chi connectivity index (χ4v) is 3.73.